The Kier molecular flexibility index (Phi) is 5.06. The SMILES string of the molecule is Cc1cc(CC(=O)N2CCN(C(=O)c3ccc(F)cc3F)CC2)c(C)[nH]1. The molecule has 0 radical (unpaired) electrons. The Morgan fingerprint density at radius 3 is 2.27 bits per heavy atom. The Morgan fingerprint density at radius 2 is 1.69 bits per heavy atom. The van der Waals surface area contributed by atoms with E-state index < -0.39 is 17.5 Å². The summed E-state index contributed by atoms with van der Waals surface area (Å²) in [5, 5.41) is 0. The number of benzene rings is 1. The van der Waals surface area contributed by atoms with Crippen LogP contribution in [0.15, 0.2) is 24.3 Å². The van der Waals surface area contributed by atoms with Gasteiger partial charge in [-0.1, -0.05) is 0 Å². The molecule has 138 valence electrons. The lowest BCUT2D eigenvalue weighted by molar-refractivity contribution is -0.131. The van der Waals surface area contributed by atoms with Gasteiger partial charge in [-0.3, -0.25) is 9.59 Å². The lowest BCUT2D eigenvalue weighted by Gasteiger charge is -2.35. The Hall–Kier alpha value is -2.70. The van der Waals surface area contributed by atoms with Gasteiger partial charge in [0.25, 0.3) is 5.91 Å². The van der Waals surface area contributed by atoms with E-state index in [1.165, 1.54) is 4.90 Å². The van der Waals surface area contributed by atoms with Crippen LogP contribution < -0.4 is 0 Å². The number of nitrogens with zero attached hydrogens (tertiary/aromatic N) is 2. The highest BCUT2D eigenvalue weighted by atomic mass is 19.1. The number of carbonyl (C=O) groups excluding carboxylic acids is 2. The van der Waals surface area contributed by atoms with Gasteiger partial charge in [0.05, 0.1) is 12.0 Å². The second-order valence-corrected chi connectivity index (χ2v) is 6.58. The summed E-state index contributed by atoms with van der Waals surface area (Å²) in [7, 11) is 0. The zero-order valence-electron chi connectivity index (χ0n) is 14.8. The fourth-order valence-electron chi connectivity index (χ4n) is 3.23. The van der Waals surface area contributed by atoms with Crippen LogP contribution in [0, 0.1) is 25.5 Å². The van der Waals surface area contributed by atoms with Crippen LogP contribution in [0.3, 0.4) is 0 Å². The molecule has 2 aromatic rings. The highest BCUT2D eigenvalue weighted by molar-refractivity contribution is 5.94. The first-order valence-electron chi connectivity index (χ1n) is 8.52. The molecule has 1 aliphatic heterocycles. The summed E-state index contributed by atoms with van der Waals surface area (Å²) < 4.78 is 26.8. The maximum atomic E-state index is 13.8. The quantitative estimate of drug-likeness (QED) is 0.913. The van der Waals surface area contributed by atoms with Gasteiger partial charge < -0.3 is 14.8 Å². The summed E-state index contributed by atoms with van der Waals surface area (Å²) in [6.45, 7) is 5.33. The van der Waals surface area contributed by atoms with E-state index >= 15 is 0 Å². The van der Waals surface area contributed by atoms with E-state index in [-0.39, 0.29) is 11.5 Å². The Balaban J connectivity index is 1.59. The van der Waals surface area contributed by atoms with Gasteiger partial charge in [-0.2, -0.15) is 0 Å². The molecule has 1 aromatic carbocycles. The maximum absolute atomic E-state index is 13.8. The van der Waals surface area contributed by atoms with Crippen molar-refractivity contribution >= 4 is 11.8 Å². The van der Waals surface area contributed by atoms with Gasteiger partial charge in [-0.25, -0.2) is 8.78 Å². The predicted molar refractivity (Wildman–Crippen MR) is 92.8 cm³/mol. The summed E-state index contributed by atoms with van der Waals surface area (Å²) in [6, 6.07) is 4.89. The van der Waals surface area contributed by atoms with Crippen molar-refractivity contribution in [1.29, 1.82) is 0 Å². The monoisotopic (exact) mass is 361 g/mol. The zero-order chi connectivity index (χ0) is 18.8. The van der Waals surface area contributed by atoms with Crippen LogP contribution in [-0.4, -0.2) is 52.8 Å². The van der Waals surface area contributed by atoms with E-state index in [2.05, 4.69) is 4.98 Å². The standard InChI is InChI=1S/C19H21F2N3O2/c1-12-9-14(13(2)22-12)10-18(25)23-5-7-24(8-6-23)19(26)16-4-3-15(20)11-17(16)21/h3-4,9,11,22H,5-8,10H2,1-2H3. The van der Waals surface area contributed by atoms with E-state index in [0.29, 0.717) is 38.7 Å². The van der Waals surface area contributed by atoms with Crippen molar-refractivity contribution in [1.82, 2.24) is 14.8 Å². The van der Waals surface area contributed by atoms with Gasteiger partial charge in [0, 0.05) is 43.6 Å². The Labute approximate surface area is 150 Å². The number of hydrogen-bond donors (Lipinski definition) is 1. The van der Waals surface area contributed by atoms with Crippen LogP contribution in [0.25, 0.3) is 0 Å². The molecule has 1 saturated heterocycles. The molecule has 1 fully saturated rings. The van der Waals surface area contributed by atoms with Crippen LogP contribution in [0.5, 0.6) is 0 Å². The molecular formula is C19H21F2N3O2. The van der Waals surface area contributed by atoms with Crippen molar-refractivity contribution in [3.8, 4) is 0 Å². The number of rotatable bonds is 3. The average Bonchev–Trinajstić information content (AvgIpc) is 2.91. The molecule has 0 atom stereocenters. The lowest BCUT2D eigenvalue weighted by atomic mass is 10.1. The first kappa shape index (κ1) is 18.1. The van der Waals surface area contributed by atoms with Gasteiger partial charge in [0.2, 0.25) is 5.91 Å². The largest absolute Gasteiger partial charge is 0.362 e. The minimum absolute atomic E-state index is 0.00663. The van der Waals surface area contributed by atoms with Crippen LogP contribution in [0.1, 0.15) is 27.3 Å². The summed E-state index contributed by atoms with van der Waals surface area (Å²) in [5.41, 5.74) is 2.82. The second kappa shape index (κ2) is 7.27. The molecule has 3 rings (SSSR count). The van der Waals surface area contributed by atoms with Crippen molar-refractivity contribution in [2.75, 3.05) is 26.2 Å². The molecule has 1 aromatic heterocycles. The summed E-state index contributed by atoms with van der Waals surface area (Å²) in [5.74, 6) is -2.06. The van der Waals surface area contributed by atoms with Crippen molar-refractivity contribution in [2.45, 2.75) is 20.3 Å². The molecule has 0 spiro atoms. The van der Waals surface area contributed by atoms with Gasteiger partial charge >= 0.3 is 0 Å². The molecule has 1 N–H and O–H groups in total. The first-order valence-corrected chi connectivity index (χ1v) is 8.52. The third-order valence-electron chi connectivity index (χ3n) is 4.68. The normalized spacial score (nSPS) is 14.6. The van der Waals surface area contributed by atoms with E-state index in [1.54, 1.807) is 4.90 Å². The number of aromatic nitrogens is 1. The van der Waals surface area contributed by atoms with Crippen molar-refractivity contribution in [2.24, 2.45) is 0 Å². The Morgan fingerprint density at radius 1 is 1.04 bits per heavy atom. The number of aromatic amines is 1. The maximum Gasteiger partial charge on any atom is 0.256 e. The molecule has 0 aliphatic carbocycles. The zero-order valence-corrected chi connectivity index (χ0v) is 14.8. The number of piperazine rings is 1. The van der Waals surface area contributed by atoms with Gasteiger partial charge in [0.15, 0.2) is 0 Å². The number of carbonyl (C=O) groups is 2. The minimum Gasteiger partial charge on any atom is -0.362 e. The van der Waals surface area contributed by atoms with E-state index in [1.807, 2.05) is 19.9 Å². The molecule has 7 heteroatoms. The third-order valence-corrected chi connectivity index (χ3v) is 4.68. The van der Waals surface area contributed by atoms with Crippen molar-refractivity contribution < 1.29 is 18.4 Å². The average molecular weight is 361 g/mol. The van der Waals surface area contributed by atoms with Crippen LogP contribution >= 0.6 is 0 Å². The summed E-state index contributed by atoms with van der Waals surface area (Å²) in [4.78, 5) is 31.3. The molecule has 2 amide bonds. The van der Waals surface area contributed by atoms with Crippen molar-refractivity contribution in [3.05, 3.63) is 58.4 Å². The third kappa shape index (κ3) is 3.76. The molecule has 0 bridgehead atoms. The fourth-order valence-corrected chi connectivity index (χ4v) is 3.23. The molecule has 0 unspecified atom stereocenters. The van der Waals surface area contributed by atoms with E-state index in [9.17, 15) is 18.4 Å². The van der Waals surface area contributed by atoms with Gasteiger partial charge in [-0.05, 0) is 37.6 Å². The molecule has 2 heterocycles. The van der Waals surface area contributed by atoms with E-state index in [4.69, 9.17) is 0 Å². The van der Waals surface area contributed by atoms with Crippen molar-refractivity contribution in [3.63, 3.8) is 0 Å². The van der Waals surface area contributed by atoms with E-state index in [0.717, 1.165) is 29.1 Å². The molecular weight excluding hydrogens is 340 g/mol. The predicted octanol–water partition coefficient (Wildman–Crippen LogP) is 2.44. The van der Waals surface area contributed by atoms with Crippen LogP contribution in [0.2, 0.25) is 0 Å². The number of nitrogens with one attached hydrogen (secondary N) is 1. The highest BCUT2D eigenvalue weighted by Crippen LogP contribution is 2.16. The molecule has 5 nitrogen and oxygen atoms in total. The second-order valence-electron chi connectivity index (χ2n) is 6.58. The molecule has 1 aliphatic rings. The number of aryl methyl sites for hydroxylation is 2. The summed E-state index contributed by atoms with van der Waals surface area (Å²) >= 11 is 0. The van der Waals surface area contributed by atoms with Crippen LogP contribution in [0.4, 0.5) is 8.78 Å². The van der Waals surface area contributed by atoms with Crippen LogP contribution in [-0.2, 0) is 11.2 Å². The first-order chi connectivity index (χ1) is 12.3. The smallest absolute Gasteiger partial charge is 0.256 e. The number of halogens is 2. The number of hydrogen-bond acceptors (Lipinski definition) is 2. The topological polar surface area (TPSA) is 56.4 Å². The highest BCUT2D eigenvalue weighted by Gasteiger charge is 2.26. The minimum atomic E-state index is -0.869. The lowest BCUT2D eigenvalue weighted by Crippen LogP contribution is -2.51. The molecule has 0 saturated carbocycles. The number of H-pyrrole nitrogens is 1. The van der Waals surface area contributed by atoms with Gasteiger partial charge in [0.1, 0.15) is 11.6 Å². The Bertz CT molecular complexity index is 839. The van der Waals surface area contributed by atoms with Gasteiger partial charge in [-0.15, -0.1) is 0 Å². The fraction of sp³-hybridized carbons (Fsp3) is 0.368. The number of amides is 2. The summed E-state index contributed by atoms with van der Waals surface area (Å²) in [6.07, 6.45) is 0.316. The molecule has 26 heavy (non-hydrogen) atoms.